The molecular formula is C14H9F3N2O. The molecule has 0 fully saturated rings. The Morgan fingerprint density at radius 1 is 1.10 bits per heavy atom. The molecule has 3 nitrogen and oxygen atoms in total. The van der Waals surface area contributed by atoms with Crippen LogP contribution in [-0.2, 0) is 0 Å². The number of hydrogen-bond donors (Lipinski definition) is 0. The van der Waals surface area contributed by atoms with E-state index in [2.05, 4.69) is 9.72 Å². The van der Waals surface area contributed by atoms with E-state index in [0.29, 0.717) is 16.8 Å². The summed E-state index contributed by atoms with van der Waals surface area (Å²) in [5, 5.41) is 8.85. The van der Waals surface area contributed by atoms with Crippen LogP contribution in [0, 0.1) is 18.3 Å². The van der Waals surface area contributed by atoms with Gasteiger partial charge in [-0.25, -0.2) is 4.98 Å². The number of alkyl halides is 3. The van der Waals surface area contributed by atoms with E-state index in [1.807, 2.05) is 6.07 Å². The molecule has 0 unspecified atom stereocenters. The maximum Gasteiger partial charge on any atom is 0.573 e. The predicted octanol–water partition coefficient (Wildman–Crippen LogP) is 3.83. The summed E-state index contributed by atoms with van der Waals surface area (Å²) >= 11 is 0. The topological polar surface area (TPSA) is 45.9 Å². The van der Waals surface area contributed by atoms with Crippen molar-refractivity contribution in [3.8, 4) is 22.9 Å². The number of nitriles is 1. The maximum absolute atomic E-state index is 12.0. The molecular weight excluding hydrogens is 269 g/mol. The number of nitrogens with zero attached hydrogens (tertiary/aromatic N) is 2. The molecule has 2 rings (SSSR count). The first-order valence-corrected chi connectivity index (χ1v) is 5.62. The molecule has 1 heterocycles. The van der Waals surface area contributed by atoms with Crippen LogP contribution in [0.1, 0.15) is 11.4 Å². The Morgan fingerprint density at radius 3 is 2.30 bits per heavy atom. The molecule has 0 aliphatic heterocycles. The van der Waals surface area contributed by atoms with Crippen LogP contribution in [0.4, 0.5) is 13.2 Å². The van der Waals surface area contributed by atoms with Crippen molar-refractivity contribution in [2.45, 2.75) is 13.3 Å². The average molecular weight is 278 g/mol. The summed E-state index contributed by atoms with van der Waals surface area (Å²) in [5.74, 6) is -0.285. The van der Waals surface area contributed by atoms with Crippen LogP contribution in [0.15, 0.2) is 36.4 Å². The van der Waals surface area contributed by atoms with Gasteiger partial charge < -0.3 is 4.74 Å². The van der Waals surface area contributed by atoms with Gasteiger partial charge in [0.25, 0.3) is 0 Å². The summed E-state index contributed by atoms with van der Waals surface area (Å²) in [7, 11) is 0. The second kappa shape index (κ2) is 5.21. The average Bonchev–Trinajstić information content (AvgIpc) is 2.37. The molecule has 0 spiro atoms. The molecule has 1 aromatic carbocycles. The minimum Gasteiger partial charge on any atom is -0.406 e. The first-order valence-electron chi connectivity index (χ1n) is 5.62. The van der Waals surface area contributed by atoms with E-state index in [1.54, 1.807) is 19.1 Å². The predicted molar refractivity (Wildman–Crippen MR) is 65.8 cm³/mol. The maximum atomic E-state index is 12.0. The fraction of sp³-hybridized carbons (Fsp3) is 0.143. The summed E-state index contributed by atoms with van der Waals surface area (Å²) in [6.45, 7) is 1.74. The third-order valence-electron chi connectivity index (χ3n) is 2.49. The van der Waals surface area contributed by atoms with Crippen molar-refractivity contribution in [1.29, 1.82) is 5.26 Å². The van der Waals surface area contributed by atoms with Gasteiger partial charge in [-0.1, -0.05) is 12.1 Å². The van der Waals surface area contributed by atoms with Gasteiger partial charge in [0.05, 0.1) is 0 Å². The van der Waals surface area contributed by atoms with Crippen molar-refractivity contribution in [3.05, 3.63) is 47.8 Å². The molecule has 0 saturated carbocycles. The highest BCUT2D eigenvalue weighted by atomic mass is 19.4. The molecule has 0 saturated heterocycles. The molecule has 20 heavy (non-hydrogen) atoms. The number of aromatic nitrogens is 1. The monoisotopic (exact) mass is 278 g/mol. The molecule has 0 atom stereocenters. The first kappa shape index (κ1) is 13.9. The van der Waals surface area contributed by atoms with Crippen LogP contribution >= 0.6 is 0 Å². The molecule has 6 heteroatoms. The third-order valence-corrected chi connectivity index (χ3v) is 2.49. The van der Waals surface area contributed by atoms with Crippen LogP contribution in [0.25, 0.3) is 11.1 Å². The summed E-state index contributed by atoms with van der Waals surface area (Å²) in [6.07, 6.45) is -4.71. The largest absolute Gasteiger partial charge is 0.573 e. The van der Waals surface area contributed by atoms with Crippen molar-refractivity contribution in [3.63, 3.8) is 0 Å². The summed E-state index contributed by atoms with van der Waals surface area (Å²) in [4.78, 5) is 4.01. The van der Waals surface area contributed by atoms with E-state index in [0.717, 1.165) is 0 Å². The Hall–Kier alpha value is -2.55. The summed E-state index contributed by atoms with van der Waals surface area (Å²) in [6, 6.07) is 10.7. The lowest BCUT2D eigenvalue weighted by molar-refractivity contribution is -0.274. The second-order valence-corrected chi connectivity index (χ2v) is 4.07. The normalized spacial score (nSPS) is 10.9. The van der Waals surface area contributed by atoms with Crippen molar-refractivity contribution < 1.29 is 17.9 Å². The highest BCUT2D eigenvalue weighted by Gasteiger charge is 2.30. The number of benzene rings is 1. The highest BCUT2D eigenvalue weighted by molar-refractivity contribution is 5.65. The Balaban J connectivity index is 2.31. The van der Waals surface area contributed by atoms with E-state index in [-0.39, 0.29) is 11.4 Å². The Bertz CT molecular complexity index is 658. The van der Waals surface area contributed by atoms with Crippen molar-refractivity contribution >= 4 is 0 Å². The van der Waals surface area contributed by atoms with Crippen molar-refractivity contribution in [2.75, 3.05) is 0 Å². The quantitative estimate of drug-likeness (QED) is 0.838. The lowest BCUT2D eigenvalue weighted by Crippen LogP contribution is -2.16. The fourth-order valence-electron chi connectivity index (χ4n) is 1.74. The molecule has 0 aliphatic rings. The van der Waals surface area contributed by atoms with Gasteiger partial charge in [0.2, 0.25) is 0 Å². The molecule has 0 amide bonds. The van der Waals surface area contributed by atoms with Gasteiger partial charge in [-0.3, -0.25) is 0 Å². The molecule has 0 N–H and O–H groups in total. The van der Waals surface area contributed by atoms with Crippen molar-refractivity contribution in [2.24, 2.45) is 0 Å². The molecule has 0 aliphatic carbocycles. The van der Waals surface area contributed by atoms with Gasteiger partial charge >= 0.3 is 6.36 Å². The number of ether oxygens (including phenoxy) is 1. The molecule has 2 aromatic rings. The van der Waals surface area contributed by atoms with Gasteiger partial charge in [-0.2, -0.15) is 5.26 Å². The van der Waals surface area contributed by atoms with E-state index in [4.69, 9.17) is 5.26 Å². The number of rotatable bonds is 2. The number of aryl methyl sites for hydroxylation is 1. The highest BCUT2D eigenvalue weighted by Crippen LogP contribution is 2.27. The first-order chi connectivity index (χ1) is 9.37. The molecule has 0 radical (unpaired) electrons. The number of halogens is 3. The lowest BCUT2D eigenvalue weighted by atomic mass is 10.0. The SMILES string of the molecule is Cc1cc(-c2ccc(OC(F)(F)F)cc2)cc(C#N)n1. The zero-order chi connectivity index (χ0) is 14.8. The van der Waals surface area contributed by atoms with Gasteiger partial charge in [0.1, 0.15) is 17.5 Å². The minimum atomic E-state index is -4.71. The van der Waals surface area contributed by atoms with Gasteiger partial charge in [-0.05, 0) is 42.3 Å². The molecule has 102 valence electrons. The van der Waals surface area contributed by atoms with E-state index < -0.39 is 6.36 Å². The Labute approximate surface area is 113 Å². The van der Waals surface area contributed by atoms with Crippen molar-refractivity contribution in [1.82, 2.24) is 4.98 Å². The second-order valence-electron chi connectivity index (χ2n) is 4.07. The smallest absolute Gasteiger partial charge is 0.406 e. The van der Waals surface area contributed by atoms with Gasteiger partial charge in [0.15, 0.2) is 0 Å². The van der Waals surface area contributed by atoms with Gasteiger partial charge in [0, 0.05) is 5.69 Å². The van der Waals surface area contributed by atoms with Crippen LogP contribution in [0.5, 0.6) is 5.75 Å². The number of hydrogen-bond acceptors (Lipinski definition) is 3. The lowest BCUT2D eigenvalue weighted by Gasteiger charge is -2.09. The van der Waals surface area contributed by atoms with E-state index in [1.165, 1.54) is 24.3 Å². The van der Waals surface area contributed by atoms with E-state index >= 15 is 0 Å². The fourth-order valence-corrected chi connectivity index (χ4v) is 1.74. The summed E-state index contributed by atoms with van der Waals surface area (Å²) in [5.41, 5.74) is 2.32. The van der Waals surface area contributed by atoms with Crippen LogP contribution in [0.2, 0.25) is 0 Å². The van der Waals surface area contributed by atoms with Crippen LogP contribution in [0.3, 0.4) is 0 Å². The third kappa shape index (κ3) is 3.48. The molecule has 0 bridgehead atoms. The summed E-state index contributed by atoms with van der Waals surface area (Å²) < 4.78 is 39.9. The van der Waals surface area contributed by atoms with Crippen LogP contribution in [-0.4, -0.2) is 11.3 Å². The zero-order valence-electron chi connectivity index (χ0n) is 10.4. The minimum absolute atomic E-state index is 0.260. The zero-order valence-corrected chi connectivity index (χ0v) is 10.4. The standard InChI is InChI=1S/C14H9F3N2O/c1-9-6-11(7-12(8-18)19-9)10-2-4-13(5-3-10)20-14(15,16)17/h2-7H,1H3. The Kier molecular flexibility index (Phi) is 3.61. The van der Waals surface area contributed by atoms with Crippen LogP contribution < -0.4 is 4.74 Å². The Morgan fingerprint density at radius 2 is 1.75 bits per heavy atom. The van der Waals surface area contributed by atoms with E-state index in [9.17, 15) is 13.2 Å². The number of pyridine rings is 1. The van der Waals surface area contributed by atoms with Gasteiger partial charge in [-0.15, -0.1) is 13.2 Å². The molecule has 1 aromatic heterocycles.